The van der Waals surface area contributed by atoms with Crippen LogP contribution < -0.4 is 39.1 Å². The molecule has 11 heteroatoms. The number of benzene rings is 3. The average molecular weight is 1950 g/mol. The first-order valence-corrected chi connectivity index (χ1v) is 63.0. The lowest BCUT2D eigenvalue weighted by atomic mass is 10.0. The van der Waals surface area contributed by atoms with E-state index in [2.05, 4.69) is 107 Å². The van der Waals surface area contributed by atoms with Gasteiger partial charge in [0.25, 0.3) is 0 Å². The summed E-state index contributed by atoms with van der Waals surface area (Å²) < 4.78 is 42.2. The normalized spacial score (nSPS) is 11.6. The van der Waals surface area contributed by atoms with E-state index in [4.69, 9.17) is 43.4 Å². The Kier molecular flexibility index (Phi) is 92.2. The van der Waals surface area contributed by atoms with E-state index >= 15 is 0 Å². The van der Waals surface area contributed by atoms with Crippen LogP contribution >= 0.6 is 0 Å². The quantitative estimate of drug-likeness (QED) is 0.0412. The number of ether oxygens (including phenoxy) is 6. The van der Waals surface area contributed by atoms with Crippen LogP contribution in [0, 0.1) is 0 Å². The minimum absolute atomic E-state index is 0.411. The van der Waals surface area contributed by atoms with Crippen LogP contribution in [0.25, 0.3) is 11.4 Å². The second kappa shape index (κ2) is 101. The molecule has 140 heavy (non-hydrogen) atoms. The molecule has 0 fully saturated rings. The monoisotopic (exact) mass is 1950 g/mol. The number of aromatic nitrogens is 3. The lowest BCUT2D eigenvalue weighted by Crippen LogP contribution is -2.09. The summed E-state index contributed by atoms with van der Waals surface area (Å²) >= 11 is 0. The topological polar surface area (TPSA) is 118 Å². The van der Waals surface area contributed by atoms with Gasteiger partial charge in [0.05, 0.1) is 39.6 Å². The van der Waals surface area contributed by atoms with Crippen molar-refractivity contribution in [3.05, 3.63) is 54.6 Å². The van der Waals surface area contributed by atoms with Crippen LogP contribution in [0.15, 0.2) is 54.6 Å². The van der Waals surface area contributed by atoms with Gasteiger partial charge >= 0.3 is 0 Å². The summed E-state index contributed by atoms with van der Waals surface area (Å²) in [5.74, 6) is 5.65. The van der Waals surface area contributed by atoms with Crippen LogP contribution in [0.5, 0.6) is 34.5 Å². The van der Waals surface area contributed by atoms with Crippen LogP contribution in [0.4, 0.5) is 23.3 Å². The summed E-state index contributed by atoms with van der Waals surface area (Å²) in [6, 6.07) is 18.8. The van der Waals surface area contributed by atoms with Gasteiger partial charge in [0.1, 0.15) is 0 Å². The molecular weight excluding hydrogens is 1720 g/mol. The van der Waals surface area contributed by atoms with E-state index in [1.165, 1.54) is 539 Å². The van der Waals surface area contributed by atoms with Crippen molar-refractivity contribution in [2.75, 3.05) is 50.3 Å². The van der Waals surface area contributed by atoms with Crippen LogP contribution in [0.1, 0.15) is 658 Å². The molecule has 0 aliphatic rings. The summed E-state index contributed by atoms with van der Waals surface area (Å²) in [7, 11) is 0. The Bertz CT molecular complexity index is 2900. The number of nitrogens with one attached hydrogen (secondary N) is 2. The molecule has 0 amide bonds. The van der Waals surface area contributed by atoms with Crippen molar-refractivity contribution in [1.82, 2.24) is 15.0 Å². The minimum atomic E-state index is 0.411. The number of hydrogen-bond donors (Lipinski definition) is 2. The maximum Gasteiger partial charge on any atom is 0.232 e. The van der Waals surface area contributed by atoms with Gasteiger partial charge in [-0.05, 0) is 38.5 Å². The van der Waals surface area contributed by atoms with E-state index < -0.39 is 0 Å². The SMILES string of the molecule is CCCCCCCCCCCCCCCCCCOc1cc(Nc2nc(Nc3cc(OCCCCCCCCCCCCCCCCCC)c(OCCCCCCCCCCCCCCCCCC)c(OCCCCCCCCCCCCCCCCCC)c3)nc(-c3ccccc3)n2)cc(OCCCCCCCCCCCCCCCCCC)c1OCCCCCCCCCCCCCCCCCC. The van der Waals surface area contributed by atoms with Crippen molar-refractivity contribution in [2.45, 2.75) is 658 Å². The third kappa shape index (κ3) is 77.5. The Hall–Kier alpha value is -4.93. The van der Waals surface area contributed by atoms with Gasteiger partial charge in [-0.2, -0.15) is 15.0 Å². The summed E-state index contributed by atoms with van der Waals surface area (Å²) in [5, 5.41) is 7.50. The Morgan fingerprint density at radius 3 is 0.464 bits per heavy atom. The Morgan fingerprint density at radius 1 is 0.164 bits per heavy atom. The Morgan fingerprint density at radius 2 is 0.307 bits per heavy atom. The van der Waals surface area contributed by atoms with E-state index in [1.54, 1.807) is 0 Å². The third-order valence-electron chi connectivity index (χ3n) is 29.7. The standard InChI is InChI=1S/C129H233N5O6/c1-7-13-19-25-31-37-43-49-55-61-67-73-79-85-91-100-108-135-121-114-119(115-122(136-109-101-92-86-80-74-68-62-56-50-44-38-32-26-20-14-8-2)125(121)139-112-104-95-89-83-77-71-65-59-53-47-41-35-29-23-17-11-5)130-128-132-127(118-106-98-97-99-107-118)133-129(134-128)131-120-116-123(137-110-102-93-87-81-75-69-63-57-51-45-39-33-27-21-15-9-3)126(140-113-105-96-90-84-78-72-66-60-54-48-42-36-30-24-18-12-6)124(117-120)138-111-103-94-88-82-76-70-64-58-52-46-40-34-28-22-16-10-4/h97-99,106-107,114-117H,7-96,100-105,108-113H2,1-6H3,(H2,130,131,132,133,134). The van der Waals surface area contributed by atoms with Gasteiger partial charge in [-0.1, -0.05) is 650 Å². The van der Waals surface area contributed by atoms with Crippen molar-refractivity contribution in [3.63, 3.8) is 0 Å². The van der Waals surface area contributed by atoms with Gasteiger partial charge in [-0.3, -0.25) is 0 Å². The molecule has 0 radical (unpaired) electrons. The van der Waals surface area contributed by atoms with Crippen LogP contribution in [-0.4, -0.2) is 54.6 Å². The molecule has 0 unspecified atom stereocenters. The predicted molar refractivity (Wildman–Crippen MR) is 615 cm³/mol. The fourth-order valence-corrected chi connectivity index (χ4v) is 20.5. The lowest BCUT2D eigenvalue weighted by Gasteiger charge is -2.20. The van der Waals surface area contributed by atoms with Crippen molar-refractivity contribution in [1.29, 1.82) is 0 Å². The van der Waals surface area contributed by atoms with Crippen molar-refractivity contribution >= 4 is 23.3 Å². The zero-order chi connectivity index (χ0) is 99.2. The van der Waals surface area contributed by atoms with E-state index in [1.807, 2.05) is 0 Å². The van der Waals surface area contributed by atoms with E-state index in [9.17, 15) is 0 Å². The van der Waals surface area contributed by atoms with Gasteiger partial charge < -0.3 is 39.1 Å². The molecule has 0 bridgehead atoms. The highest BCUT2D eigenvalue weighted by molar-refractivity contribution is 5.70. The molecular formula is C129H233N5O6. The average Bonchev–Trinajstić information content (AvgIpc) is 0.806. The second-order valence-electron chi connectivity index (χ2n) is 43.4. The molecule has 0 aliphatic carbocycles. The highest BCUT2D eigenvalue weighted by Crippen LogP contribution is 2.45. The van der Waals surface area contributed by atoms with E-state index in [0.717, 1.165) is 94.0 Å². The first-order valence-electron chi connectivity index (χ1n) is 63.0. The molecule has 1 aromatic heterocycles. The molecule has 1 heterocycles. The molecule has 0 aliphatic heterocycles. The molecule has 11 nitrogen and oxygen atoms in total. The number of unbranched alkanes of at least 4 members (excludes halogenated alkanes) is 90. The summed E-state index contributed by atoms with van der Waals surface area (Å²) in [5.41, 5.74) is 2.45. The predicted octanol–water partition coefficient (Wildman–Crippen LogP) is 44.9. The molecule has 4 rings (SSSR count). The number of hydrogen-bond acceptors (Lipinski definition) is 11. The maximum absolute atomic E-state index is 7.03. The van der Waals surface area contributed by atoms with Crippen LogP contribution in [0.3, 0.4) is 0 Å². The van der Waals surface area contributed by atoms with Crippen molar-refractivity contribution < 1.29 is 28.4 Å². The Labute approximate surface area is 869 Å². The zero-order valence-electron chi connectivity index (χ0n) is 94.1. The molecule has 0 atom stereocenters. The Balaban J connectivity index is 1.66. The van der Waals surface area contributed by atoms with E-state index in [-0.39, 0.29) is 0 Å². The van der Waals surface area contributed by atoms with Gasteiger partial charge in [0.15, 0.2) is 28.8 Å². The van der Waals surface area contributed by atoms with Crippen molar-refractivity contribution in [2.24, 2.45) is 0 Å². The van der Waals surface area contributed by atoms with Gasteiger partial charge in [-0.15, -0.1) is 0 Å². The zero-order valence-corrected chi connectivity index (χ0v) is 94.1. The lowest BCUT2D eigenvalue weighted by molar-refractivity contribution is 0.234. The minimum Gasteiger partial charge on any atom is -0.489 e. The van der Waals surface area contributed by atoms with Gasteiger partial charge in [0, 0.05) is 41.2 Å². The van der Waals surface area contributed by atoms with E-state index in [0.29, 0.717) is 91.9 Å². The van der Waals surface area contributed by atoms with Gasteiger partial charge in [-0.25, -0.2) is 0 Å². The molecule has 2 N–H and O–H groups in total. The molecule has 810 valence electrons. The second-order valence-corrected chi connectivity index (χ2v) is 43.4. The number of nitrogens with zero attached hydrogens (tertiary/aromatic N) is 3. The first kappa shape index (κ1) is 127. The summed E-state index contributed by atoms with van der Waals surface area (Å²) in [4.78, 5) is 15.8. The fraction of sp³-hybridized carbons (Fsp3) is 0.837. The maximum atomic E-state index is 7.03. The summed E-state index contributed by atoms with van der Waals surface area (Å²) in [6.45, 7) is 17.5. The third-order valence-corrected chi connectivity index (χ3v) is 29.7. The van der Waals surface area contributed by atoms with Crippen LogP contribution in [0.2, 0.25) is 0 Å². The molecule has 0 spiro atoms. The highest BCUT2D eigenvalue weighted by atomic mass is 16.5. The smallest absolute Gasteiger partial charge is 0.232 e. The number of rotatable bonds is 113. The first-order chi connectivity index (χ1) is 69.5. The fourth-order valence-electron chi connectivity index (χ4n) is 20.5. The van der Waals surface area contributed by atoms with Crippen LogP contribution in [-0.2, 0) is 0 Å². The highest BCUT2D eigenvalue weighted by Gasteiger charge is 2.22. The molecule has 0 saturated carbocycles. The largest absolute Gasteiger partial charge is 0.489 e. The number of anilines is 4. The van der Waals surface area contributed by atoms with Gasteiger partial charge in [0.2, 0.25) is 23.4 Å². The molecule has 0 saturated heterocycles. The molecule has 4 aromatic rings. The van der Waals surface area contributed by atoms with Crippen molar-refractivity contribution in [3.8, 4) is 45.9 Å². The molecule has 3 aromatic carbocycles. The summed E-state index contributed by atoms with van der Waals surface area (Å²) in [6.07, 6.45) is 128.